The van der Waals surface area contributed by atoms with Gasteiger partial charge in [0.15, 0.2) is 11.6 Å². The zero-order chi connectivity index (χ0) is 15.5. The zero-order valence-electron chi connectivity index (χ0n) is 12.4. The van der Waals surface area contributed by atoms with Crippen molar-refractivity contribution in [2.24, 2.45) is 5.92 Å². The summed E-state index contributed by atoms with van der Waals surface area (Å²) >= 11 is 6.24. The van der Waals surface area contributed by atoms with E-state index in [1.807, 2.05) is 25.1 Å². The van der Waals surface area contributed by atoms with Crippen LogP contribution in [-0.2, 0) is 0 Å². The molecule has 1 aromatic heterocycles. The van der Waals surface area contributed by atoms with Crippen LogP contribution in [0.25, 0.3) is 0 Å². The summed E-state index contributed by atoms with van der Waals surface area (Å²) in [5.41, 5.74) is 1.59. The first-order chi connectivity index (χ1) is 10.7. The molecule has 2 heterocycles. The maximum absolute atomic E-state index is 14.1. The summed E-state index contributed by atoms with van der Waals surface area (Å²) in [7, 11) is 0. The van der Waals surface area contributed by atoms with Crippen LogP contribution in [-0.4, -0.2) is 18.1 Å². The number of hydrogen-bond donors (Lipinski definition) is 1. The van der Waals surface area contributed by atoms with Crippen LogP contribution >= 0.6 is 11.6 Å². The molecular formula is C17H18ClFN2O. The molecule has 0 amide bonds. The third-order valence-corrected chi connectivity index (χ3v) is 4.46. The van der Waals surface area contributed by atoms with Crippen LogP contribution in [0.15, 0.2) is 36.5 Å². The number of nitrogens with one attached hydrogen (secondary N) is 1. The maximum atomic E-state index is 14.1. The van der Waals surface area contributed by atoms with Gasteiger partial charge >= 0.3 is 0 Å². The molecular weight excluding hydrogens is 303 g/mol. The van der Waals surface area contributed by atoms with Gasteiger partial charge in [0.25, 0.3) is 0 Å². The molecule has 0 bridgehead atoms. The van der Waals surface area contributed by atoms with Gasteiger partial charge in [-0.2, -0.15) is 0 Å². The highest BCUT2D eigenvalue weighted by Gasteiger charge is 2.30. The fraction of sp³-hybridized carbons (Fsp3) is 0.353. The van der Waals surface area contributed by atoms with E-state index in [2.05, 4.69) is 10.3 Å². The Morgan fingerprint density at radius 3 is 2.91 bits per heavy atom. The molecule has 0 radical (unpaired) electrons. The lowest BCUT2D eigenvalue weighted by Crippen LogP contribution is -2.22. The van der Waals surface area contributed by atoms with Gasteiger partial charge in [-0.25, -0.2) is 4.39 Å². The van der Waals surface area contributed by atoms with Gasteiger partial charge in [0.1, 0.15) is 6.10 Å². The van der Waals surface area contributed by atoms with Gasteiger partial charge in [-0.3, -0.25) is 4.98 Å². The molecule has 116 valence electrons. The van der Waals surface area contributed by atoms with E-state index in [0.717, 1.165) is 30.8 Å². The van der Waals surface area contributed by atoms with Gasteiger partial charge in [-0.1, -0.05) is 23.7 Å². The zero-order valence-corrected chi connectivity index (χ0v) is 13.1. The van der Waals surface area contributed by atoms with Crippen LogP contribution in [0.3, 0.4) is 0 Å². The predicted molar refractivity (Wildman–Crippen MR) is 84.7 cm³/mol. The van der Waals surface area contributed by atoms with Crippen molar-refractivity contribution in [2.45, 2.75) is 19.4 Å². The number of pyridine rings is 1. The van der Waals surface area contributed by atoms with Gasteiger partial charge in [0, 0.05) is 18.7 Å². The molecule has 1 N–H and O–H groups in total. The molecule has 1 aliphatic rings. The Hall–Kier alpha value is -1.65. The topological polar surface area (TPSA) is 34.1 Å². The minimum Gasteiger partial charge on any atom is -0.479 e. The standard InChI is InChI=1S/C17H18ClFN2O/c1-11-5-6-13(19)17(15(11)18)22-16(12-7-9-20-10-12)14-4-2-3-8-21-14/h2-6,8,12,16,20H,7,9-10H2,1H3/t12-,16+/m1/s1. The highest BCUT2D eigenvalue weighted by atomic mass is 35.5. The summed E-state index contributed by atoms with van der Waals surface area (Å²) in [5.74, 6) is -0.0856. The summed E-state index contributed by atoms with van der Waals surface area (Å²) in [6, 6.07) is 8.71. The third-order valence-electron chi connectivity index (χ3n) is 3.99. The summed E-state index contributed by atoms with van der Waals surface area (Å²) in [6.45, 7) is 3.59. The van der Waals surface area contributed by atoms with Crippen molar-refractivity contribution in [1.29, 1.82) is 0 Å². The first-order valence-corrected chi connectivity index (χ1v) is 7.77. The van der Waals surface area contributed by atoms with Crippen LogP contribution < -0.4 is 10.1 Å². The van der Waals surface area contributed by atoms with E-state index in [-0.39, 0.29) is 17.8 Å². The average Bonchev–Trinajstić information content (AvgIpc) is 3.06. The number of hydrogen-bond acceptors (Lipinski definition) is 3. The Morgan fingerprint density at radius 2 is 2.23 bits per heavy atom. The molecule has 1 aliphatic heterocycles. The number of aryl methyl sites for hydroxylation is 1. The lowest BCUT2D eigenvalue weighted by Gasteiger charge is -2.25. The lowest BCUT2D eigenvalue weighted by molar-refractivity contribution is 0.134. The fourth-order valence-electron chi connectivity index (χ4n) is 2.74. The smallest absolute Gasteiger partial charge is 0.174 e. The van der Waals surface area contributed by atoms with Crippen molar-refractivity contribution in [3.05, 3.63) is 58.6 Å². The summed E-state index contributed by atoms with van der Waals surface area (Å²) in [4.78, 5) is 4.38. The molecule has 1 saturated heterocycles. The molecule has 0 unspecified atom stereocenters. The molecule has 1 aromatic carbocycles. The number of ether oxygens (including phenoxy) is 1. The van der Waals surface area contributed by atoms with Crippen molar-refractivity contribution < 1.29 is 9.13 Å². The van der Waals surface area contributed by atoms with Crippen LogP contribution in [0, 0.1) is 18.7 Å². The van der Waals surface area contributed by atoms with E-state index in [9.17, 15) is 4.39 Å². The SMILES string of the molecule is Cc1ccc(F)c(O[C@H](c2ccccn2)[C@@H]2CCNC2)c1Cl. The van der Waals surface area contributed by atoms with Gasteiger partial charge in [-0.15, -0.1) is 0 Å². The van der Waals surface area contributed by atoms with Crippen molar-refractivity contribution in [3.63, 3.8) is 0 Å². The van der Waals surface area contributed by atoms with Crippen molar-refractivity contribution in [3.8, 4) is 5.75 Å². The Morgan fingerprint density at radius 1 is 1.36 bits per heavy atom. The van der Waals surface area contributed by atoms with Crippen LogP contribution in [0.5, 0.6) is 5.75 Å². The van der Waals surface area contributed by atoms with Gasteiger partial charge in [-0.05, 0) is 43.7 Å². The normalized spacial score (nSPS) is 19.1. The molecule has 22 heavy (non-hydrogen) atoms. The molecule has 0 aliphatic carbocycles. The van der Waals surface area contributed by atoms with E-state index in [1.54, 1.807) is 12.3 Å². The van der Waals surface area contributed by atoms with Crippen molar-refractivity contribution in [1.82, 2.24) is 10.3 Å². The number of nitrogens with zero attached hydrogens (tertiary/aromatic N) is 1. The molecule has 0 spiro atoms. The molecule has 2 aromatic rings. The van der Waals surface area contributed by atoms with Crippen LogP contribution in [0.2, 0.25) is 5.02 Å². The lowest BCUT2D eigenvalue weighted by atomic mass is 9.98. The fourth-order valence-corrected chi connectivity index (χ4v) is 2.94. The second-order valence-electron chi connectivity index (χ2n) is 5.55. The van der Waals surface area contributed by atoms with Gasteiger partial charge < -0.3 is 10.1 Å². The van der Waals surface area contributed by atoms with E-state index < -0.39 is 5.82 Å². The highest BCUT2D eigenvalue weighted by molar-refractivity contribution is 6.32. The second kappa shape index (κ2) is 6.63. The molecule has 5 heteroatoms. The van der Waals surface area contributed by atoms with Gasteiger partial charge in [0.2, 0.25) is 0 Å². The van der Waals surface area contributed by atoms with E-state index in [0.29, 0.717) is 5.02 Å². The summed E-state index contributed by atoms with van der Waals surface area (Å²) < 4.78 is 20.2. The van der Waals surface area contributed by atoms with Crippen LogP contribution in [0.4, 0.5) is 4.39 Å². The number of halogens is 2. The van der Waals surface area contributed by atoms with Crippen molar-refractivity contribution >= 4 is 11.6 Å². The van der Waals surface area contributed by atoms with E-state index >= 15 is 0 Å². The first-order valence-electron chi connectivity index (χ1n) is 7.39. The van der Waals surface area contributed by atoms with Crippen molar-refractivity contribution in [2.75, 3.05) is 13.1 Å². The molecule has 2 atom stereocenters. The first kappa shape index (κ1) is 15.3. The molecule has 1 fully saturated rings. The van der Waals surface area contributed by atoms with Gasteiger partial charge in [0.05, 0.1) is 10.7 Å². The third kappa shape index (κ3) is 3.08. The largest absolute Gasteiger partial charge is 0.479 e. The highest BCUT2D eigenvalue weighted by Crippen LogP contribution is 2.37. The minimum absolute atomic E-state index is 0.115. The number of benzene rings is 1. The predicted octanol–water partition coefficient (Wildman–Crippen LogP) is 3.91. The van der Waals surface area contributed by atoms with E-state index in [4.69, 9.17) is 16.3 Å². The maximum Gasteiger partial charge on any atom is 0.174 e. The Kier molecular flexibility index (Phi) is 4.60. The molecule has 3 nitrogen and oxygen atoms in total. The Labute approximate surface area is 134 Å². The molecule has 0 saturated carbocycles. The Balaban J connectivity index is 1.95. The number of aromatic nitrogens is 1. The van der Waals surface area contributed by atoms with Crippen LogP contribution in [0.1, 0.15) is 23.8 Å². The van der Waals surface area contributed by atoms with E-state index in [1.165, 1.54) is 6.07 Å². The Bertz CT molecular complexity index is 645. The average molecular weight is 321 g/mol. The number of rotatable bonds is 4. The summed E-state index contributed by atoms with van der Waals surface area (Å²) in [5, 5.41) is 3.64. The monoisotopic (exact) mass is 320 g/mol. The molecule has 3 rings (SSSR count). The minimum atomic E-state index is -0.442. The summed E-state index contributed by atoms with van der Waals surface area (Å²) in [6.07, 6.45) is 2.37. The second-order valence-corrected chi connectivity index (χ2v) is 5.93. The quantitative estimate of drug-likeness (QED) is 0.927.